The Labute approximate surface area is 172 Å². The Balaban J connectivity index is 1.47. The standard InChI is InChI=1S/C24H28N2O3/c27-23(25-13-15-29-16-14-25)21-10-6-12-26(18-21)24(28)22-11-5-4-9-20(22)17-19-7-2-1-3-8-19/h1-5,7-9,11,21H,6,10,12-18H2. The number of ether oxygens (including phenoxy) is 1. The summed E-state index contributed by atoms with van der Waals surface area (Å²) >= 11 is 0. The number of benzene rings is 2. The molecule has 2 fully saturated rings. The van der Waals surface area contributed by atoms with Crippen LogP contribution in [0.4, 0.5) is 0 Å². The highest BCUT2D eigenvalue weighted by Crippen LogP contribution is 2.23. The van der Waals surface area contributed by atoms with E-state index in [1.807, 2.05) is 52.3 Å². The van der Waals surface area contributed by atoms with Gasteiger partial charge in [0.05, 0.1) is 19.1 Å². The summed E-state index contributed by atoms with van der Waals surface area (Å²) in [4.78, 5) is 30.0. The van der Waals surface area contributed by atoms with Crippen molar-refractivity contribution >= 4 is 11.8 Å². The summed E-state index contributed by atoms with van der Waals surface area (Å²) in [6, 6.07) is 18.0. The summed E-state index contributed by atoms with van der Waals surface area (Å²) in [6.07, 6.45) is 2.45. The highest BCUT2D eigenvalue weighted by molar-refractivity contribution is 5.96. The average molecular weight is 392 g/mol. The number of nitrogens with zero attached hydrogens (tertiary/aromatic N) is 2. The van der Waals surface area contributed by atoms with Gasteiger partial charge in [0.25, 0.3) is 5.91 Å². The summed E-state index contributed by atoms with van der Waals surface area (Å²) in [5.41, 5.74) is 2.97. The van der Waals surface area contributed by atoms with Gasteiger partial charge in [-0.1, -0.05) is 48.5 Å². The molecule has 5 nitrogen and oxygen atoms in total. The topological polar surface area (TPSA) is 49.9 Å². The van der Waals surface area contributed by atoms with E-state index < -0.39 is 0 Å². The van der Waals surface area contributed by atoms with Crippen molar-refractivity contribution in [1.82, 2.24) is 9.80 Å². The second-order valence-corrected chi connectivity index (χ2v) is 7.85. The Hall–Kier alpha value is -2.66. The zero-order valence-corrected chi connectivity index (χ0v) is 16.8. The minimum atomic E-state index is -0.105. The Kier molecular flexibility index (Phi) is 6.25. The van der Waals surface area contributed by atoms with Crippen LogP contribution in [0, 0.1) is 5.92 Å². The molecular weight excluding hydrogens is 364 g/mol. The average Bonchev–Trinajstić information content (AvgIpc) is 2.80. The summed E-state index contributed by atoms with van der Waals surface area (Å²) in [7, 11) is 0. The molecule has 1 unspecified atom stereocenters. The minimum absolute atomic E-state index is 0.0380. The molecule has 2 aliphatic rings. The Morgan fingerprint density at radius 2 is 1.62 bits per heavy atom. The molecule has 0 aromatic heterocycles. The van der Waals surface area contributed by atoms with Gasteiger partial charge < -0.3 is 14.5 Å². The van der Waals surface area contributed by atoms with E-state index in [1.54, 1.807) is 0 Å². The maximum atomic E-state index is 13.3. The van der Waals surface area contributed by atoms with E-state index in [-0.39, 0.29) is 17.7 Å². The van der Waals surface area contributed by atoms with Crippen molar-refractivity contribution in [2.24, 2.45) is 5.92 Å². The van der Waals surface area contributed by atoms with Crippen molar-refractivity contribution < 1.29 is 14.3 Å². The van der Waals surface area contributed by atoms with E-state index in [1.165, 1.54) is 5.56 Å². The number of morpholine rings is 1. The summed E-state index contributed by atoms with van der Waals surface area (Å²) < 4.78 is 5.36. The van der Waals surface area contributed by atoms with Gasteiger partial charge in [-0.25, -0.2) is 0 Å². The smallest absolute Gasteiger partial charge is 0.254 e. The second kappa shape index (κ2) is 9.23. The minimum Gasteiger partial charge on any atom is -0.378 e. The Bertz CT molecular complexity index is 846. The molecule has 0 bridgehead atoms. The van der Waals surface area contributed by atoms with E-state index in [0.29, 0.717) is 39.4 Å². The molecule has 29 heavy (non-hydrogen) atoms. The van der Waals surface area contributed by atoms with Crippen LogP contribution in [0.2, 0.25) is 0 Å². The zero-order chi connectivity index (χ0) is 20.1. The number of piperidine rings is 1. The summed E-state index contributed by atoms with van der Waals surface area (Å²) in [5, 5.41) is 0. The first-order valence-electron chi connectivity index (χ1n) is 10.5. The quantitative estimate of drug-likeness (QED) is 0.804. The van der Waals surface area contributed by atoms with Crippen molar-refractivity contribution in [2.75, 3.05) is 39.4 Å². The summed E-state index contributed by atoms with van der Waals surface area (Å²) in [5.74, 6) is 0.103. The second-order valence-electron chi connectivity index (χ2n) is 7.85. The predicted molar refractivity (Wildman–Crippen MR) is 112 cm³/mol. The van der Waals surface area contributed by atoms with Crippen molar-refractivity contribution in [3.05, 3.63) is 71.3 Å². The molecule has 2 heterocycles. The fourth-order valence-electron chi connectivity index (χ4n) is 4.27. The van der Waals surface area contributed by atoms with Gasteiger partial charge in [0.1, 0.15) is 0 Å². The monoisotopic (exact) mass is 392 g/mol. The first kappa shape index (κ1) is 19.6. The molecular formula is C24H28N2O3. The molecule has 4 rings (SSSR count). The Morgan fingerprint density at radius 3 is 2.41 bits per heavy atom. The third kappa shape index (κ3) is 4.67. The highest BCUT2D eigenvalue weighted by atomic mass is 16.5. The first-order chi connectivity index (χ1) is 14.2. The lowest BCUT2D eigenvalue weighted by atomic mass is 9.94. The molecule has 1 atom stereocenters. The van der Waals surface area contributed by atoms with Crippen LogP contribution in [0.5, 0.6) is 0 Å². The molecule has 2 amide bonds. The molecule has 0 radical (unpaired) electrons. The zero-order valence-electron chi connectivity index (χ0n) is 16.8. The number of carbonyl (C=O) groups is 2. The number of hydrogen-bond acceptors (Lipinski definition) is 3. The van der Waals surface area contributed by atoms with Crippen LogP contribution < -0.4 is 0 Å². The number of amides is 2. The largest absolute Gasteiger partial charge is 0.378 e. The lowest BCUT2D eigenvalue weighted by molar-refractivity contribution is -0.141. The van der Waals surface area contributed by atoms with Gasteiger partial charge >= 0.3 is 0 Å². The van der Waals surface area contributed by atoms with E-state index >= 15 is 0 Å². The van der Waals surface area contributed by atoms with Gasteiger partial charge in [-0.15, -0.1) is 0 Å². The maximum Gasteiger partial charge on any atom is 0.254 e. The van der Waals surface area contributed by atoms with Gasteiger partial charge in [-0.2, -0.15) is 0 Å². The third-order valence-electron chi connectivity index (χ3n) is 5.87. The molecule has 2 aromatic rings. The van der Waals surface area contributed by atoms with E-state index in [4.69, 9.17) is 4.74 Å². The molecule has 0 N–H and O–H groups in total. The highest BCUT2D eigenvalue weighted by Gasteiger charge is 2.32. The van der Waals surface area contributed by atoms with Gasteiger partial charge in [-0.3, -0.25) is 9.59 Å². The lowest BCUT2D eigenvalue weighted by Crippen LogP contribution is -2.49. The van der Waals surface area contributed by atoms with Gasteiger partial charge in [-0.05, 0) is 36.5 Å². The molecule has 152 valence electrons. The van der Waals surface area contributed by atoms with Crippen LogP contribution in [0.1, 0.15) is 34.3 Å². The van der Waals surface area contributed by atoms with Crippen molar-refractivity contribution in [3.8, 4) is 0 Å². The number of hydrogen-bond donors (Lipinski definition) is 0. The maximum absolute atomic E-state index is 13.3. The molecule has 0 aliphatic carbocycles. The van der Waals surface area contributed by atoms with Crippen LogP contribution in [0.15, 0.2) is 54.6 Å². The molecule has 2 aliphatic heterocycles. The lowest BCUT2D eigenvalue weighted by Gasteiger charge is -2.36. The first-order valence-corrected chi connectivity index (χ1v) is 10.5. The third-order valence-corrected chi connectivity index (χ3v) is 5.87. The van der Waals surface area contributed by atoms with E-state index in [2.05, 4.69) is 12.1 Å². The molecule has 5 heteroatoms. The molecule has 2 aromatic carbocycles. The molecule has 0 spiro atoms. The van der Waals surface area contributed by atoms with E-state index in [0.717, 1.165) is 30.4 Å². The van der Waals surface area contributed by atoms with Crippen molar-refractivity contribution in [3.63, 3.8) is 0 Å². The fourth-order valence-corrected chi connectivity index (χ4v) is 4.27. The number of likely N-dealkylation sites (tertiary alicyclic amines) is 1. The summed E-state index contributed by atoms with van der Waals surface area (Å²) in [6.45, 7) is 3.74. The van der Waals surface area contributed by atoms with Crippen molar-refractivity contribution in [2.45, 2.75) is 19.3 Å². The predicted octanol–water partition coefficient (Wildman–Crippen LogP) is 2.99. The molecule has 0 saturated carbocycles. The van der Waals surface area contributed by atoms with Crippen LogP contribution >= 0.6 is 0 Å². The van der Waals surface area contributed by atoms with Gasteiger partial charge in [0.15, 0.2) is 0 Å². The molecule has 2 saturated heterocycles. The normalized spacial score (nSPS) is 19.8. The van der Waals surface area contributed by atoms with Crippen LogP contribution in [0.3, 0.4) is 0 Å². The number of carbonyl (C=O) groups excluding carboxylic acids is 2. The Morgan fingerprint density at radius 1 is 0.897 bits per heavy atom. The van der Waals surface area contributed by atoms with Crippen LogP contribution in [0.25, 0.3) is 0 Å². The van der Waals surface area contributed by atoms with Crippen molar-refractivity contribution in [1.29, 1.82) is 0 Å². The van der Waals surface area contributed by atoms with Crippen LogP contribution in [-0.2, 0) is 16.0 Å². The van der Waals surface area contributed by atoms with Gasteiger partial charge in [0.2, 0.25) is 5.91 Å². The van der Waals surface area contributed by atoms with E-state index in [9.17, 15) is 9.59 Å². The van der Waals surface area contributed by atoms with Crippen LogP contribution in [-0.4, -0.2) is 61.0 Å². The fraction of sp³-hybridized carbons (Fsp3) is 0.417. The van der Waals surface area contributed by atoms with Gasteiger partial charge in [0, 0.05) is 31.7 Å². The SMILES string of the molecule is O=C(c1ccccc1Cc1ccccc1)N1CCCC(C(=O)N2CCOCC2)C1. The number of rotatable bonds is 4.